The molecular weight excluding hydrogens is 164 g/mol. The standard InChI is InChI=1S/C7H16N2O.ClH/c1-5(7(9)10)3-4-6(2)8;/h5-6H,3-4,8H2,1-2H3,(H2,9,10);1H. The fraction of sp³-hybridized carbons (Fsp3) is 0.857. The fourth-order valence-corrected chi connectivity index (χ4v) is 0.655. The summed E-state index contributed by atoms with van der Waals surface area (Å²) >= 11 is 0. The van der Waals surface area contributed by atoms with Crippen molar-refractivity contribution in [2.24, 2.45) is 17.4 Å². The van der Waals surface area contributed by atoms with Gasteiger partial charge < -0.3 is 11.5 Å². The van der Waals surface area contributed by atoms with Crippen LogP contribution in [0.3, 0.4) is 0 Å². The van der Waals surface area contributed by atoms with E-state index in [4.69, 9.17) is 11.5 Å². The predicted molar refractivity (Wildman–Crippen MR) is 48.5 cm³/mol. The van der Waals surface area contributed by atoms with E-state index in [9.17, 15) is 4.79 Å². The van der Waals surface area contributed by atoms with Gasteiger partial charge in [-0.1, -0.05) is 6.92 Å². The molecule has 4 heteroatoms. The Morgan fingerprint density at radius 2 is 1.82 bits per heavy atom. The molecule has 0 heterocycles. The molecule has 0 aromatic carbocycles. The Bertz CT molecular complexity index is 117. The lowest BCUT2D eigenvalue weighted by molar-refractivity contribution is -0.121. The molecule has 0 fully saturated rings. The van der Waals surface area contributed by atoms with Crippen molar-refractivity contribution in [2.45, 2.75) is 32.7 Å². The van der Waals surface area contributed by atoms with E-state index in [1.807, 2.05) is 13.8 Å². The Morgan fingerprint density at radius 1 is 1.36 bits per heavy atom. The highest BCUT2D eigenvalue weighted by Crippen LogP contribution is 2.05. The van der Waals surface area contributed by atoms with Crippen molar-refractivity contribution < 1.29 is 4.79 Å². The zero-order valence-corrected chi connectivity index (χ0v) is 7.86. The molecule has 4 N–H and O–H groups in total. The maximum absolute atomic E-state index is 10.5. The monoisotopic (exact) mass is 180 g/mol. The second-order valence-electron chi connectivity index (χ2n) is 2.86. The van der Waals surface area contributed by atoms with Gasteiger partial charge in [0.25, 0.3) is 0 Å². The third kappa shape index (κ3) is 7.62. The summed E-state index contributed by atoms with van der Waals surface area (Å²) in [5, 5.41) is 0. The Balaban J connectivity index is 0. The normalized spacial score (nSPS) is 14.8. The summed E-state index contributed by atoms with van der Waals surface area (Å²) < 4.78 is 0. The van der Waals surface area contributed by atoms with Gasteiger partial charge in [-0.2, -0.15) is 0 Å². The predicted octanol–water partition coefficient (Wildman–Crippen LogP) is 0.657. The smallest absolute Gasteiger partial charge is 0.220 e. The van der Waals surface area contributed by atoms with Crippen LogP contribution in [0.2, 0.25) is 0 Å². The molecule has 68 valence electrons. The Labute approximate surface area is 73.9 Å². The second kappa shape index (κ2) is 6.43. The average molecular weight is 181 g/mol. The first-order valence-corrected chi connectivity index (χ1v) is 3.59. The summed E-state index contributed by atoms with van der Waals surface area (Å²) in [6, 6.07) is 0.168. The van der Waals surface area contributed by atoms with Crippen LogP contribution >= 0.6 is 12.4 Å². The molecule has 0 rings (SSSR count). The van der Waals surface area contributed by atoms with Crippen molar-refractivity contribution in [3.8, 4) is 0 Å². The van der Waals surface area contributed by atoms with Gasteiger partial charge in [-0.15, -0.1) is 12.4 Å². The highest BCUT2D eigenvalue weighted by atomic mass is 35.5. The van der Waals surface area contributed by atoms with E-state index in [0.29, 0.717) is 0 Å². The van der Waals surface area contributed by atoms with Crippen LogP contribution in [0.15, 0.2) is 0 Å². The highest BCUT2D eigenvalue weighted by Gasteiger charge is 2.08. The maximum atomic E-state index is 10.5. The van der Waals surface area contributed by atoms with Gasteiger partial charge in [0, 0.05) is 12.0 Å². The number of carbonyl (C=O) groups excluding carboxylic acids is 1. The maximum Gasteiger partial charge on any atom is 0.220 e. The van der Waals surface area contributed by atoms with Gasteiger partial charge in [-0.3, -0.25) is 4.79 Å². The molecule has 2 atom stereocenters. The molecule has 0 saturated heterocycles. The first kappa shape index (κ1) is 13.3. The molecule has 3 nitrogen and oxygen atoms in total. The molecule has 0 aliphatic heterocycles. The molecule has 0 radical (unpaired) electrons. The van der Waals surface area contributed by atoms with Crippen molar-refractivity contribution in [1.29, 1.82) is 0 Å². The number of amides is 1. The van der Waals surface area contributed by atoms with Gasteiger partial charge >= 0.3 is 0 Å². The van der Waals surface area contributed by atoms with E-state index in [-0.39, 0.29) is 30.3 Å². The minimum absolute atomic E-state index is 0. The first-order chi connectivity index (χ1) is 4.54. The first-order valence-electron chi connectivity index (χ1n) is 3.59. The van der Waals surface area contributed by atoms with E-state index < -0.39 is 0 Å². The molecule has 0 bridgehead atoms. The third-order valence-corrected chi connectivity index (χ3v) is 1.54. The summed E-state index contributed by atoms with van der Waals surface area (Å²) in [4.78, 5) is 10.5. The van der Waals surface area contributed by atoms with Crippen LogP contribution in [-0.4, -0.2) is 11.9 Å². The van der Waals surface area contributed by atoms with Crippen LogP contribution in [0.5, 0.6) is 0 Å². The number of hydrogen-bond acceptors (Lipinski definition) is 2. The number of rotatable bonds is 4. The van der Waals surface area contributed by atoms with E-state index in [2.05, 4.69) is 0 Å². The highest BCUT2D eigenvalue weighted by molar-refractivity contribution is 5.85. The van der Waals surface area contributed by atoms with Gasteiger partial charge in [-0.05, 0) is 19.8 Å². The van der Waals surface area contributed by atoms with Crippen LogP contribution in [0.4, 0.5) is 0 Å². The number of primary amides is 1. The lowest BCUT2D eigenvalue weighted by Gasteiger charge is -2.08. The van der Waals surface area contributed by atoms with E-state index >= 15 is 0 Å². The minimum atomic E-state index is -0.236. The summed E-state index contributed by atoms with van der Waals surface area (Å²) in [5.41, 5.74) is 10.5. The van der Waals surface area contributed by atoms with Crippen molar-refractivity contribution in [3.63, 3.8) is 0 Å². The number of nitrogens with two attached hydrogens (primary N) is 2. The lowest BCUT2D eigenvalue weighted by Crippen LogP contribution is -2.23. The number of carbonyl (C=O) groups is 1. The van der Waals surface area contributed by atoms with Gasteiger partial charge in [0.05, 0.1) is 0 Å². The van der Waals surface area contributed by atoms with Crippen molar-refractivity contribution in [2.75, 3.05) is 0 Å². The second-order valence-corrected chi connectivity index (χ2v) is 2.86. The molecule has 1 amide bonds. The summed E-state index contributed by atoms with van der Waals surface area (Å²) in [6.07, 6.45) is 1.66. The van der Waals surface area contributed by atoms with Crippen LogP contribution in [0, 0.1) is 5.92 Å². The molecule has 0 spiro atoms. The van der Waals surface area contributed by atoms with Crippen molar-refractivity contribution in [1.82, 2.24) is 0 Å². The van der Waals surface area contributed by atoms with Crippen molar-refractivity contribution >= 4 is 18.3 Å². The average Bonchev–Trinajstić information content (AvgIpc) is 1.82. The minimum Gasteiger partial charge on any atom is -0.369 e. The fourth-order valence-electron chi connectivity index (χ4n) is 0.655. The van der Waals surface area contributed by atoms with Gasteiger partial charge in [0.1, 0.15) is 0 Å². The van der Waals surface area contributed by atoms with Gasteiger partial charge in [0.15, 0.2) is 0 Å². The van der Waals surface area contributed by atoms with E-state index in [0.717, 1.165) is 12.8 Å². The molecule has 0 aromatic rings. The Hall–Kier alpha value is -0.280. The summed E-state index contributed by atoms with van der Waals surface area (Å²) in [7, 11) is 0. The molecule has 11 heavy (non-hydrogen) atoms. The van der Waals surface area contributed by atoms with Gasteiger partial charge in [0.2, 0.25) is 5.91 Å². The van der Waals surface area contributed by atoms with Crippen LogP contribution in [-0.2, 0) is 4.79 Å². The molecule has 2 unspecified atom stereocenters. The molecule has 0 aliphatic rings. The molecule has 0 aliphatic carbocycles. The van der Waals surface area contributed by atoms with E-state index in [1.54, 1.807) is 0 Å². The molecule has 0 aromatic heterocycles. The lowest BCUT2D eigenvalue weighted by atomic mass is 10.0. The number of halogens is 1. The van der Waals surface area contributed by atoms with Crippen molar-refractivity contribution in [3.05, 3.63) is 0 Å². The SMILES string of the molecule is CC(N)CCC(C)C(N)=O.Cl. The third-order valence-electron chi connectivity index (χ3n) is 1.54. The largest absolute Gasteiger partial charge is 0.369 e. The van der Waals surface area contributed by atoms with Crippen LogP contribution in [0.1, 0.15) is 26.7 Å². The van der Waals surface area contributed by atoms with Gasteiger partial charge in [-0.25, -0.2) is 0 Å². The van der Waals surface area contributed by atoms with E-state index in [1.165, 1.54) is 0 Å². The summed E-state index contributed by atoms with van der Waals surface area (Å²) in [6.45, 7) is 3.75. The zero-order chi connectivity index (χ0) is 8.15. The Morgan fingerprint density at radius 3 is 2.09 bits per heavy atom. The molecule has 0 saturated carbocycles. The Kier molecular flexibility index (Phi) is 7.79. The zero-order valence-electron chi connectivity index (χ0n) is 7.04. The molecular formula is C7H17ClN2O. The number of hydrogen-bond donors (Lipinski definition) is 2. The summed E-state index contributed by atoms with van der Waals surface area (Å²) in [5.74, 6) is -0.272. The van der Waals surface area contributed by atoms with Crippen LogP contribution < -0.4 is 11.5 Å². The van der Waals surface area contributed by atoms with Crippen LogP contribution in [0.25, 0.3) is 0 Å². The topological polar surface area (TPSA) is 69.1 Å². The quantitative estimate of drug-likeness (QED) is 0.668.